The van der Waals surface area contributed by atoms with Gasteiger partial charge in [-0.05, 0) is 37.1 Å². The zero-order valence-electron chi connectivity index (χ0n) is 14.8. The lowest BCUT2D eigenvalue weighted by Gasteiger charge is -2.10. The molecule has 0 N–H and O–H groups in total. The van der Waals surface area contributed by atoms with Crippen LogP contribution in [0.3, 0.4) is 0 Å². The summed E-state index contributed by atoms with van der Waals surface area (Å²) in [5.41, 5.74) is 2.17. The minimum absolute atomic E-state index is 0.523. The number of unbranched alkanes of at least 4 members (excludes halogenated alkanes) is 1. The molecule has 5 heteroatoms. The van der Waals surface area contributed by atoms with E-state index in [1.165, 1.54) is 0 Å². The molecule has 0 fully saturated rings. The maximum Gasteiger partial charge on any atom is 0.135 e. The molecular weight excluding hydrogens is 316 g/mol. The molecule has 1 heterocycles. The van der Waals surface area contributed by atoms with Gasteiger partial charge in [-0.2, -0.15) is 0 Å². The highest BCUT2D eigenvalue weighted by atomic mass is 16.5. The average Bonchev–Trinajstić information content (AvgIpc) is 2.99. The first-order valence-electron chi connectivity index (χ1n) is 8.52. The van der Waals surface area contributed by atoms with Crippen LogP contribution in [0.15, 0.2) is 48.5 Å². The Morgan fingerprint density at radius 3 is 2.64 bits per heavy atom. The predicted molar refractivity (Wildman–Crippen MR) is 98.2 cm³/mol. The van der Waals surface area contributed by atoms with E-state index in [0.717, 1.165) is 47.7 Å². The summed E-state index contributed by atoms with van der Waals surface area (Å²) in [7, 11) is 3.36. The molecule has 25 heavy (non-hydrogen) atoms. The van der Waals surface area contributed by atoms with Gasteiger partial charge in [0.15, 0.2) is 0 Å². The van der Waals surface area contributed by atoms with Crippen LogP contribution >= 0.6 is 0 Å². The zero-order valence-corrected chi connectivity index (χ0v) is 14.8. The lowest BCUT2D eigenvalue weighted by atomic mass is 10.3. The molecule has 0 amide bonds. The van der Waals surface area contributed by atoms with Crippen LogP contribution in [-0.2, 0) is 17.9 Å². The minimum atomic E-state index is 0.523. The lowest BCUT2D eigenvalue weighted by molar-refractivity contribution is 0.174. The third-order valence-corrected chi connectivity index (χ3v) is 4.09. The molecule has 0 saturated carbocycles. The van der Waals surface area contributed by atoms with Gasteiger partial charge in [0, 0.05) is 19.7 Å². The molecule has 132 valence electrons. The molecule has 0 radical (unpaired) electrons. The first-order valence-corrected chi connectivity index (χ1v) is 8.52. The second-order valence-electron chi connectivity index (χ2n) is 5.84. The molecule has 1 aromatic heterocycles. The third-order valence-electron chi connectivity index (χ3n) is 4.09. The molecule has 0 unspecified atom stereocenters. The van der Waals surface area contributed by atoms with Crippen LogP contribution in [0.5, 0.6) is 11.5 Å². The van der Waals surface area contributed by atoms with Crippen LogP contribution in [0, 0.1) is 0 Å². The number of imidazole rings is 1. The standard InChI is InChI=1S/C20H24N2O3/c1-23-15-20-21-18-10-3-4-11-19(18)22(20)12-5-6-13-25-17-9-7-8-16(14-17)24-2/h3-4,7-11,14H,5-6,12-13,15H2,1-2H3. The number of nitrogens with zero attached hydrogens (tertiary/aromatic N) is 2. The topological polar surface area (TPSA) is 45.5 Å². The number of aryl methyl sites for hydroxylation is 1. The average molecular weight is 340 g/mol. The van der Waals surface area contributed by atoms with Gasteiger partial charge in [0.25, 0.3) is 0 Å². The number of ether oxygens (including phenoxy) is 3. The van der Waals surface area contributed by atoms with Crippen molar-refractivity contribution in [1.82, 2.24) is 9.55 Å². The van der Waals surface area contributed by atoms with Gasteiger partial charge in [-0.1, -0.05) is 18.2 Å². The fourth-order valence-electron chi connectivity index (χ4n) is 2.87. The number of methoxy groups -OCH3 is 2. The van der Waals surface area contributed by atoms with Crippen LogP contribution in [0.1, 0.15) is 18.7 Å². The first kappa shape index (κ1) is 17.3. The van der Waals surface area contributed by atoms with Crippen molar-refractivity contribution < 1.29 is 14.2 Å². The van der Waals surface area contributed by atoms with E-state index in [0.29, 0.717) is 13.2 Å². The Morgan fingerprint density at radius 2 is 1.80 bits per heavy atom. The Labute approximate surface area is 148 Å². The molecule has 0 aliphatic carbocycles. The molecule has 0 aliphatic heterocycles. The van der Waals surface area contributed by atoms with E-state index in [-0.39, 0.29) is 0 Å². The highest BCUT2D eigenvalue weighted by molar-refractivity contribution is 5.75. The Hall–Kier alpha value is -2.53. The lowest BCUT2D eigenvalue weighted by Crippen LogP contribution is -2.07. The summed E-state index contributed by atoms with van der Waals surface area (Å²) < 4.78 is 18.5. The molecule has 0 saturated heterocycles. The monoisotopic (exact) mass is 340 g/mol. The summed E-state index contributed by atoms with van der Waals surface area (Å²) in [4.78, 5) is 4.66. The maximum absolute atomic E-state index is 5.80. The van der Waals surface area contributed by atoms with Crippen LogP contribution in [0.4, 0.5) is 0 Å². The molecule has 5 nitrogen and oxygen atoms in total. The van der Waals surface area contributed by atoms with Gasteiger partial charge in [0.1, 0.15) is 23.9 Å². The van der Waals surface area contributed by atoms with Crippen molar-refractivity contribution in [3.63, 3.8) is 0 Å². The summed E-state index contributed by atoms with van der Waals surface area (Å²) in [5.74, 6) is 2.62. The number of rotatable bonds is 9. The number of benzene rings is 2. The van der Waals surface area contributed by atoms with E-state index in [1.54, 1.807) is 14.2 Å². The Bertz CT molecular complexity index is 814. The van der Waals surface area contributed by atoms with E-state index in [1.807, 2.05) is 42.5 Å². The predicted octanol–water partition coefficient (Wildman–Crippen LogP) is 4.05. The SMILES string of the molecule is COCc1nc2ccccc2n1CCCCOc1cccc(OC)c1. The van der Waals surface area contributed by atoms with Gasteiger partial charge >= 0.3 is 0 Å². The number of fused-ring (bicyclic) bond motifs is 1. The number of hydrogen-bond donors (Lipinski definition) is 0. The van der Waals surface area contributed by atoms with Crippen molar-refractivity contribution in [3.05, 3.63) is 54.4 Å². The van der Waals surface area contributed by atoms with Gasteiger partial charge in [-0.25, -0.2) is 4.98 Å². The van der Waals surface area contributed by atoms with Crippen LogP contribution in [0.25, 0.3) is 11.0 Å². The molecule has 0 aliphatic rings. The highest BCUT2D eigenvalue weighted by Crippen LogP contribution is 2.20. The third kappa shape index (κ3) is 4.31. The smallest absolute Gasteiger partial charge is 0.135 e. The number of aromatic nitrogens is 2. The maximum atomic E-state index is 5.80. The van der Waals surface area contributed by atoms with E-state index in [2.05, 4.69) is 15.6 Å². The van der Waals surface area contributed by atoms with E-state index in [9.17, 15) is 0 Å². The van der Waals surface area contributed by atoms with Crippen molar-refractivity contribution in [2.24, 2.45) is 0 Å². The van der Waals surface area contributed by atoms with E-state index >= 15 is 0 Å². The van der Waals surface area contributed by atoms with Crippen LogP contribution < -0.4 is 9.47 Å². The summed E-state index contributed by atoms with van der Waals surface area (Å²) in [5, 5.41) is 0. The Balaban J connectivity index is 1.55. The number of hydrogen-bond acceptors (Lipinski definition) is 4. The Morgan fingerprint density at radius 1 is 0.960 bits per heavy atom. The van der Waals surface area contributed by atoms with Gasteiger partial charge in [-0.15, -0.1) is 0 Å². The second kappa shape index (κ2) is 8.53. The van der Waals surface area contributed by atoms with Crippen molar-refractivity contribution in [2.75, 3.05) is 20.8 Å². The normalized spacial score (nSPS) is 11.0. The minimum Gasteiger partial charge on any atom is -0.497 e. The number of para-hydroxylation sites is 2. The van der Waals surface area contributed by atoms with Crippen LogP contribution in [0.2, 0.25) is 0 Å². The molecule has 0 bridgehead atoms. The Kier molecular flexibility index (Phi) is 5.90. The van der Waals surface area contributed by atoms with Crippen molar-refractivity contribution in [1.29, 1.82) is 0 Å². The summed E-state index contributed by atoms with van der Waals surface area (Å²) in [6.45, 7) is 2.11. The first-order chi connectivity index (χ1) is 12.3. The van der Waals surface area contributed by atoms with Gasteiger partial charge in [0.2, 0.25) is 0 Å². The second-order valence-corrected chi connectivity index (χ2v) is 5.84. The molecule has 0 spiro atoms. The molecule has 3 aromatic rings. The molecule has 2 aromatic carbocycles. The quantitative estimate of drug-likeness (QED) is 0.551. The van der Waals surface area contributed by atoms with Crippen molar-refractivity contribution >= 4 is 11.0 Å². The van der Waals surface area contributed by atoms with Crippen LogP contribution in [-0.4, -0.2) is 30.4 Å². The van der Waals surface area contributed by atoms with Crippen molar-refractivity contribution in [2.45, 2.75) is 26.0 Å². The van der Waals surface area contributed by atoms with Gasteiger partial charge in [0.05, 0.1) is 24.8 Å². The molecule has 0 atom stereocenters. The van der Waals surface area contributed by atoms with Crippen molar-refractivity contribution in [3.8, 4) is 11.5 Å². The fourth-order valence-corrected chi connectivity index (χ4v) is 2.87. The molecule has 3 rings (SSSR count). The zero-order chi connectivity index (χ0) is 17.5. The summed E-state index contributed by atoms with van der Waals surface area (Å²) in [6, 6.07) is 15.9. The van der Waals surface area contributed by atoms with Gasteiger partial charge < -0.3 is 18.8 Å². The fraction of sp³-hybridized carbons (Fsp3) is 0.350. The largest absolute Gasteiger partial charge is 0.497 e. The molecular formula is C20H24N2O3. The van der Waals surface area contributed by atoms with Gasteiger partial charge in [-0.3, -0.25) is 0 Å². The summed E-state index contributed by atoms with van der Waals surface area (Å²) in [6.07, 6.45) is 1.98. The highest BCUT2D eigenvalue weighted by Gasteiger charge is 2.09. The van der Waals surface area contributed by atoms with E-state index < -0.39 is 0 Å². The summed E-state index contributed by atoms with van der Waals surface area (Å²) >= 11 is 0. The van der Waals surface area contributed by atoms with E-state index in [4.69, 9.17) is 14.2 Å².